The van der Waals surface area contributed by atoms with E-state index in [-0.39, 0.29) is 30.0 Å². The summed E-state index contributed by atoms with van der Waals surface area (Å²) in [5.41, 5.74) is -0.654. The van der Waals surface area contributed by atoms with Crippen molar-refractivity contribution < 1.29 is 24.8 Å². The van der Waals surface area contributed by atoms with Crippen LogP contribution in [-0.4, -0.2) is 50.9 Å². The Bertz CT molecular complexity index is 712. The fraction of sp³-hybridized carbons (Fsp3) is 0.793. The van der Waals surface area contributed by atoms with Gasteiger partial charge >= 0.3 is 0 Å². The van der Waals surface area contributed by atoms with Crippen molar-refractivity contribution in [2.45, 2.75) is 129 Å². The van der Waals surface area contributed by atoms with E-state index >= 15 is 0 Å². The van der Waals surface area contributed by atoms with Crippen molar-refractivity contribution in [1.29, 1.82) is 0 Å². The molecule has 196 valence electrons. The lowest BCUT2D eigenvalue weighted by Gasteiger charge is -2.41. The lowest BCUT2D eigenvalue weighted by Crippen LogP contribution is -2.50. The van der Waals surface area contributed by atoms with Gasteiger partial charge in [0.05, 0.1) is 42.2 Å². The maximum atomic E-state index is 11.6. The molecule has 0 saturated carbocycles. The quantitative estimate of drug-likeness (QED) is 0.329. The van der Waals surface area contributed by atoms with Gasteiger partial charge in [-0.25, -0.2) is 0 Å². The normalized spacial score (nSPS) is 29.2. The summed E-state index contributed by atoms with van der Waals surface area (Å²) in [5.74, 6) is 0.139. The average Bonchev–Trinajstić information content (AvgIpc) is 3.14. The van der Waals surface area contributed by atoms with Crippen LogP contribution in [-0.2, 0) is 16.1 Å². The van der Waals surface area contributed by atoms with Crippen LogP contribution >= 0.6 is 0 Å². The number of rotatable bonds is 14. The van der Waals surface area contributed by atoms with Crippen molar-refractivity contribution in [3.05, 3.63) is 35.9 Å². The fourth-order valence-electron chi connectivity index (χ4n) is 6.16. The summed E-state index contributed by atoms with van der Waals surface area (Å²) in [7, 11) is 0. The Morgan fingerprint density at radius 2 is 1.74 bits per heavy atom. The van der Waals surface area contributed by atoms with E-state index in [4.69, 9.17) is 9.47 Å². The molecule has 0 bridgehead atoms. The van der Waals surface area contributed by atoms with Gasteiger partial charge in [-0.05, 0) is 62.8 Å². The third kappa shape index (κ3) is 6.82. The fourth-order valence-corrected chi connectivity index (χ4v) is 6.16. The zero-order valence-corrected chi connectivity index (χ0v) is 22.5. The third-order valence-electron chi connectivity index (χ3n) is 8.22. The zero-order chi connectivity index (χ0) is 25.5. The first-order chi connectivity index (χ1) is 16.0. The highest BCUT2D eigenvalue weighted by Crippen LogP contribution is 2.45. The van der Waals surface area contributed by atoms with Crippen LogP contribution in [0.15, 0.2) is 30.3 Å². The Balaban J connectivity index is 2.09. The Kier molecular flexibility index (Phi) is 11.0. The molecule has 0 aliphatic carbocycles. The van der Waals surface area contributed by atoms with E-state index < -0.39 is 23.4 Å². The Morgan fingerprint density at radius 3 is 2.26 bits per heavy atom. The second kappa shape index (κ2) is 12.8. The second-order valence-corrected chi connectivity index (χ2v) is 10.9. The van der Waals surface area contributed by atoms with E-state index in [1.54, 1.807) is 0 Å². The molecule has 0 aromatic heterocycles. The Hall–Kier alpha value is -0.980. The third-order valence-corrected chi connectivity index (χ3v) is 8.22. The number of benzene rings is 1. The first kappa shape index (κ1) is 29.3. The summed E-state index contributed by atoms with van der Waals surface area (Å²) in [6.07, 6.45) is 2.45. The van der Waals surface area contributed by atoms with Gasteiger partial charge in [0.15, 0.2) is 0 Å². The van der Waals surface area contributed by atoms with E-state index in [2.05, 4.69) is 13.8 Å². The summed E-state index contributed by atoms with van der Waals surface area (Å²) in [6.45, 7) is 14.7. The molecule has 1 unspecified atom stereocenters. The van der Waals surface area contributed by atoms with Crippen LogP contribution in [0, 0.1) is 17.8 Å². The van der Waals surface area contributed by atoms with Crippen molar-refractivity contribution in [3.63, 3.8) is 0 Å². The summed E-state index contributed by atoms with van der Waals surface area (Å²) >= 11 is 0. The molecule has 1 saturated heterocycles. The molecule has 0 radical (unpaired) electrons. The van der Waals surface area contributed by atoms with E-state index in [0.29, 0.717) is 32.3 Å². The number of hydrogen-bond acceptors (Lipinski definition) is 5. The summed E-state index contributed by atoms with van der Waals surface area (Å²) < 4.78 is 12.7. The molecule has 1 aliphatic heterocycles. The molecule has 9 atom stereocenters. The van der Waals surface area contributed by atoms with Crippen molar-refractivity contribution in [1.82, 2.24) is 0 Å². The Morgan fingerprint density at radius 1 is 1.09 bits per heavy atom. The minimum absolute atomic E-state index is 0.0627. The van der Waals surface area contributed by atoms with Crippen LogP contribution in [0.5, 0.6) is 0 Å². The maximum Gasteiger partial charge on any atom is 0.0922 e. The summed E-state index contributed by atoms with van der Waals surface area (Å²) in [4.78, 5) is 0. The highest BCUT2D eigenvalue weighted by molar-refractivity contribution is 5.13. The minimum atomic E-state index is -1.03. The number of hydrogen-bond donors (Lipinski definition) is 3. The van der Waals surface area contributed by atoms with Crippen molar-refractivity contribution in [2.75, 3.05) is 0 Å². The molecule has 0 amide bonds. The number of aliphatic hydroxyl groups is 3. The molecule has 5 heteroatoms. The molecule has 2 rings (SSSR count). The molecule has 1 heterocycles. The van der Waals surface area contributed by atoms with Crippen LogP contribution in [0.3, 0.4) is 0 Å². The van der Waals surface area contributed by atoms with Crippen LogP contribution in [0.25, 0.3) is 0 Å². The van der Waals surface area contributed by atoms with E-state index in [1.807, 2.05) is 65.0 Å². The lowest BCUT2D eigenvalue weighted by atomic mass is 9.76. The molecule has 0 spiro atoms. The summed E-state index contributed by atoms with van der Waals surface area (Å²) in [5, 5.41) is 33.6. The van der Waals surface area contributed by atoms with Crippen molar-refractivity contribution in [2.24, 2.45) is 17.8 Å². The van der Waals surface area contributed by atoms with E-state index in [0.717, 1.165) is 18.4 Å². The second-order valence-electron chi connectivity index (χ2n) is 10.9. The number of ether oxygens (including phenoxy) is 2. The first-order valence-electron chi connectivity index (χ1n) is 13.5. The monoisotopic (exact) mass is 478 g/mol. The van der Waals surface area contributed by atoms with Gasteiger partial charge in [0.25, 0.3) is 0 Å². The van der Waals surface area contributed by atoms with Crippen LogP contribution in [0.4, 0.5) is 0 Å². The predicted octanol–water partition coefficient (Wildman–Crippen LogP) is 5.49. The molecule has 1 aromatic rings. The topological polar surface area (TPSA) is 79.2 Å². The molecule has 1 fully saturated rings. The van der Waals surface area contributed by atoms with E-state index in [1.165, 1.54) is 0 Å². The molecule has 1 aromatic carbocycles. The van der Waals surface area contributed by atoms with Crippen LogP contribution < -0.4 is 0 Å². The smallest absolute Gasteiger partial charge is 0.0922 e. The van der Waals surface area contributed by atoms with Crippen molar-refractivity contribution in [3.8, 4) is 0 Å². The van der Waals surface area contributed by atoms with Gasteiger partial charge in [-0.3, -0.25) is 0 Å². The van der Waals surface area contributed by atoms with Crippen molar-refractivity contribution >= 4 is 0 Å². The SMILES string of the molecule is CCC(O)[C@H](CC)[C@H]1O[C@](C)([C@H](O)[C@H](C)C[C@](O)(CC)[C@H](CC)OCc2ccccc2)C[C@@H]1C. The van der Waals surface area contributed by atoms with Gasteiger partial charge in [-0.1, -0.05) is 71.9 Å². The predicted molar refractivity (Wildman–Crippen MR) is 137 cm³/mol. The van der Waals surface area contributed by atoms with Crippen LogP contribution in [0.2, 0.25) is 0 Å². The largest absolute Gasteiger partial charge is 0.393 e. The molecule has 3 N–H and O–H groups in total. The zero-order valence-electron chi connectivity index (χ0n) is 22.5. The van der Waals surface area contributed by atoms with Gasteiger partial charge in [0.2, 0.25) is 0 Å². The number of aliphatic hydroxyl groups excluding tert-OH is 2. The van der Waals surface area contributed by atoms with E-state index in [9.17, 15) is 15.3 Å². The molecular weight excluding hydrogens is 428 g/mol. The first-order valence-corrected chi connectivity index (χ1v) is 13.5. The molecule has 34 heavy (non-hydrogen) atoms. The molecule has 1 aliphatic rings. The maximum absolute atomic E-state index is 11.6. The van der Waals surface area contributed by atoms with Gasteiger partial charge < -0.3 is 24.8 Å². The average molecular weight is 479 g/mol. The Labute approximate surface area is 207 Å². The minimum Gasteiger partial charge on any atom is -0.393 e. The van der Waals surface area contributed by atoms with Gasteiger partial charge in [-0.2, -0.15) is 0 Å². The molecular formula is C29H50O5. The summed E-state index contributed by atoms with van der Waals surface area (Å²) in [6, 6.07) is 10.0. The van der Waals surface area contributed by atoms with Gasteiger partial charge in [-0.15, -0.1) is 0 Å². The highest BCUT2D eigenvalue weighted by Gasteiger charge is 2.51. The molecule has 5 nitrogen and oxygen atoms in total. The van der Waals surface area contributed by atoms with Crippen LogP contribution in [0.1, 0.15) is 92.6 Å². The lowest BCUT2D eigenvalue weighted by molar-refractivity contribution is -0.166. The highest BCUT2D eigenvalue weighted by atomic mass is 16.5. The van der Waals surface area contributed by atoms with Gasteiger partial charge in [0, 0.05) is 5.92 Å². The van der Waals surface area contributed by atoms with Gasteiger partial charge in [0.1, 0.15) is 0 Å². The standard InChI is InChI=1S/C29H50O5/c1-8-23(24(30)9-2)26-20(5)17-28(7,34-26)27(31)21(6)18-29(32,11-4)25(10-3)33-19-22-15-13-12-14-16-22/h12-16,20-21,23-27,30-32H,8-11,17-19H2,1-7H3/t20-,21+,23-,24?,25-,26-,27+,28-,29+/m0/s1.